The minimum atomic E-state index is -1.03. The van der Waals surface area contributed by atoms with Gasteiger partial charge in [0.05, 0.1) is 0 Å². The standard InChI is InChI=1S/C30H55NO5/c1-3-5-7-8-9-10-11-12-13-14-15-16-21-25-30(35)36-27(22-18-6-4-2)23-19-17-20-24-28(32)31-26-29(33)34/h10-11,27H,3-9,12-26H2,1-2H3,(H,31,32)(H,33,34)/b11-10-. The fourth-order valence-corrected chi connectivity index (χ4v) is 4.21. The SMILES string of the molecule is CCCCCC/C=C\CCCCCCCC(=O)OC(CCCCC)CCCCCC(=O)NCC(=O)O. The van der Waals surface area contributed by atoms with E-state index in [0.29, 0.717) is 12.8 Å². The van der Waals surface area contributed by atoms with E-state index in [1.807, 2.05) is 0 Å². The molecule has 6 heteroatoms. The minimum Gasteiger partial charge on any atom is -0.480 e. The predicted molar refractivity (Wildman–Crippen MR) is 148 cm³/mol. The lowest BCUT2D eigenvalue weighted by Gasteiger charge is -2.18. The van der Waals surface area contributed by atoms with Crippen LogP contribution < -0.4 is 5.32 Å². The number of carboxylic acids is 1. The number of carbonyl (C=O) groups is 3. The molecular weight excluding hydrogens is 454 g/mol. The zero-order valence-electron chi connectivity index (χ0n) is 23.4. The highest BCUT2D eigenvalue weighted by Gasteiger charge is 2.14. The fourth-order valence-electron chi connectivity index (χ4n) is 4.21. The number of aliphatic carboxylic acids is 1. The Morgan fingerprint density at radius 3 is 1.83 bits per heavy atom. The molecule has 0 aromatic heterocycles. The first kappa shape index (κ1) is 34.1. The molecule has 0 aromatic carbocycles. The summed E-state index contributed by atoms with van der Waals surface area (Å²) < 4.78 is 5.80. The van der Waals surface area contributed by atoms with Crippen molar-refractivity contribution in [2.45, 2.75) is 155 Å². The van der Waals surface area contributed by atoms with Gasteiger partial charge in [-0.2, -0.15) is 0 Å². The quantitative estimate of drug-likeness (QED) is 0.0702. The summed E-state index contributed by atoms with van der Waals surface area (Å²) in [6, 6.07) is 0. The first-order valence-corrected chi connectivity index (χ1v) is 14.8. The molecule has 0 aliphatic carbocycles. The van der Waals surface area contributed by atoms with Crippen LogP contribution in [0.15, 0.2) is 12.2 Å². The van der Waals surface area contributed by atoms with Gasteiger partial charge in [0.25, 0.3) is 0 Å². The summed E-state index contributed by atoms with van der Waals surface area (Å²) in [5, 5.41) is 11.0. The van der Waals surface area contributed by atoms with E-state index in [0.717, 1.165) is 64.2 Å². The van der Waals surface area contributed by atoms with E-state index in [1.54, 1.807) is 0 Å². The third-order valence-electron chi connectivity index (χ3n) is 6.44. The van der Waals surface area contributed by atoms with E-state index in [2.05, 4.69) is 31.3 Å². The second-order valence-electron chi connectivity index (χ2n) is 10.0. The largest absolute Gasteiger partial charge is 0.480 e. The Kier molecular flexibility index (Phi) is 24.9. The number of allylic oxidation sites excluding steroid dienone is 2. The molecule has 1 unspecified atom stereocenters. The molecule has 210 valence electrons. The lowest BCUT2D eigenvalue weighted by molar-refractivity contribution is -0.150. The third kappa shape index (κ3) is 25.2. The topological polar surface area (TPSA) is 92.7 Å². The van der Waals surface area contributed by atoms with Crippen molar-refractivity contribution in [3.8, 4) is 0 Å². The van der Waals surface area contributed by atoms with Crippen LogP contribution in [0, 0.1) is 0 Å². The highest BCUT2D eigenvalue weighted by molar-refractivity contribution is 5.80. The number of hydrogen-bond acceptors (Lipinski definition) is 4. The lowest BCUT2D eigenvalue weighted by Crippen LogP contribution is -2.28. The summed E-state index contributed by atoms with van der Waals surface area (Å²) in [4.78, 5) is 34.4. The van der Waals surface area contributed by atoms with E-state index in [9.17, 15) is 14.4 Å². The van der Waals surface area contributed by atoms with Gasteiger partial charge < -0.3 is 15.2 Å². The van der Waals surface area contributed by atoms with Crippen molar-refractivity contribution >= 4 is 17.8 Å². The molecule has 0 rings (SSSR count). The van der Waals surface area contributed by atoms with Gasteiger partial charge in [-0.15, -0.1) is 0 Å². The van der Waals surface area contributed by atoms with Crippen LogP contribution in [0.5, 0.6) is 0 Å². The molecule has 0 saturated carbocycles. The Hall–Kier alpha value is -1.85. The first-order chi connectivity index (χ1) is 17.5. The fraction of sp³-hybridized carbons (Fsp3) is 0.833. The number of nitrogens with one attached hydrogen (secondary N) is 1. The predicted octanol–water partition coefficient (Wildman–Crippen LogP) is 7.89. The second kappa shape index (κ2) is 26.2. The molecule has 36 heavy (non-hydrogen) atoms. The number of hydrogen-bond donors (Lipinski definition) is 2. The Morgan fingerprint density at radius 2 is 1.19 bits per heavy atom. The number of amides is 1. The van der Waals surface area contributed by atoms with Crippen molar-refractivity contribution in [2.75, 3.05) is 6.54 Å². The number of rotatable bonds is 26. The van der Waals surface area contributed by atoms with Gasteiger partial charge in [-0.25, -0.2) is 0 Å². The van der Waals surface area contributed by atoms with Gasteiger partial charge in [-0.1, -0.05) is 83.8 Å². The van der Waals surface area contributed by atoms with Crippen molar-refractivity contribution < 1.29 is 24.2 Å². The summed E-state index contributed by atoms with van der Waals surface area (Å²) in [5.74, 6) is -1.33. The second-order valence-corrected chi connectivity index (χ2v) is 10.0. The van der Waals surface area contributed by atoms with E-state index in [4.69, 9.17) is 9.84 Å². The Labute approximate surface area is 221 Å². The summed E-state index contributed by atoms with van der Waals surface area (Å²) in [6.07, 6.45) is 26.4. The highest BCUT2D eigenvalue weighted by atomic mass is 16.5. The van der Waals surface area contributed by atoms with Crippen molar-refractivity contribution in [1.82, 2.24) is 5.32 Å². The molecule has 0 spiro atoms. The molecule has 2 N–H and O–H groups in total. The van der Waals surface area contributed by atoms with E-state index >= 15 is 0 Å². The molecule has 0 aromatic rings. The van der Waals surface area contributed by atoms with Gasteiger partial charge in [0.15, 0.2) is 0 Å². The molecule has 0 aliphatic rings. The lowest BCUT2D eigenvalue weighted by atomic mass is 10.0. The zero-order valence-corrected chi connectivity index (χ0v) is 23.4. The number of carbonyl (C=O) groups excluding carboxylic acids is 2. The normalized spacial score (nSPS) is 12.1. The zero-order chi connectivity index (χ0) is 26.7. The molecule has 0 bridgehead atoms. The van der Waals surface area contributed by atoms with Gasteiger partial charge in [0.1, 0.15) is 12.6 Å². The minimum absolute atomic E-state index is 0.0290. The average molecular weight is 510 g/mol. The van der Waals surface area contributed by atoms with Gasteiger partial charge in [-0.05, 0) is 64.2 Å². The van der Waals surface area contributed by atoms with Crippen molar-refractivity contribution in [3.63, 3.8) is 0 Å². The van der Waals surface area contributed by atoms with Crippen LogP contribution >= 0.6 is 0 Å². The Balaban J connectivity index is 3.89. The van der Waals surface area contributed by atoms with E-state index in [-0.39, 0.29) is 24.5 Å². The van der Waals surface area contributed by atoms with Crippen LogP contribution in [0.2, 0.25) is 0 Å². The van der Waals surface area contributed by atoms with Crippen LogP contribution in [0.1, 0.15) is 149 Å². The molecule has 0 aliphatic heterocycles. The number of esters is 1. The highest BCUT2D eigenvalue weighted by Crippen LogP contribution is 2.17. The molecule has 0 fully saturated rings. The van der Waals surface area contributed by atoms with E-state index < -0.39 is 5.97 Å². The summed E-state index contributed by atoms with van der Waals surface area (Å²) in [6.45, 7) is 4.08. The van der Waals surface area contributed by atoms with Crippen LogP contribution in [0.3, 0.4) is 0 Å². The summed E-state index contributed by atoms with van der Waals surface area (Å²) >= 11 is 0. The molecule has 1 atom stereocenters. The average Bonchev–Trinajstić information content (AvgIpc) is 2.85. The monoisotopic (exact) mass is 509 g/mol. The van der Waals surface area contributed by atoms with Crippen LogP contribution in [-0.4, -0.2) is 35.6 Å². The maximum absolute atomic E-state index is 12.4. The summed E-state index contributed by atoms with van der Waals surface area (Å²) in [7, 11) is 0. The van der Waals surface area contributed by atoms with Crippen molar-refractivity contribution in [2.24, 2.45) is 0 Å². The molecule has 1 amide bonds. The van der Waals surface area contributed by atoms with Gasteiger partial charge in [0, 0.05) is 12.8 Å². The summed E-state index contributed by atoms with van der Waals surface area (Å²) in [5.41, 5.74) is 0. The molecule has 0 radical (unpaired) electrons. The van der Waals surface area contributed by atoms with Crippen LogP contribution in [-0.2, 0) is 19.1 Å². The maximum atomic E-state index is 12.4. The number of ether oxygens (including phenoxy) is 1. The van der Waals surface area contributed by atoms with Crippen LogP contribution in [0.4, 0.5) is 0 Å². The van der Waals surface area contributed by atoms with Gasteiger partial charge in [0.2, 0.25) is 5.91 Å². The Bertz CT molecular complexity index is 576. The third-order valence-corrected chi connectivity index (χ3v) is 6.44. The van der Waals surface area contributed by atoms with Gasteiger partial charge >= 0.3 is 11.9 Å². The molecule has 0 saturated heterocycles. The first-order valence-electron chi connectivity index (χ1n) is 14.8. The number of unbranched alkanes of at least 4 members (excludes halogenated alkanes) is 13. The van der Waals surface area contributed by atoms with Crippen molar-refractivity contribution in [3.05, 3.63) is 12.2 Å². The van der Waals surface area contributed by atoms with Gasteiger partial charge in [-0.3, -0.25) is 14.4 Å². The number of carboxylic acid groups (broad SMARTS) is 1. The maximum Gasteiger partial charge on any atom is 0.322 e. The molecule has 0 heterocycles. The van der Waals surface area contributed by atoms with Crippen LogP contribution in [0.25, 0.3) is 0 Å². The van der Waals surface area contributed by atoms with E-state index in [1.165, 1.54) is 57.8 Å². The molecule has 6 nitrogen and oxygen atoms in total. The Morgan fingerprint density at radius 1 is 0.694 bits per heavy atom. The molecular formula is C30H55NO5. The van der Waals surface area contributed by atoms with Crippen molar-refractivity contribution in [1.29, 1.82) is 0 Å². The smallest absolute Gasteiger partial charge is 0.322 e.